The van der Waals surface area contributed by atoms with Crippen LogP contribution in [0.3, 0.4) is 0 Å². The normalized spacial score (nSPS) is 15.5. The van der Waals surface area contributed by atoms with Gasteiger partial charge in [-0.2, -0.15) is 5.26 Å². The second-order valence-electron chi connectivity index (χ2n) is 11.8. The molecule has 0 atom stereocenters. The topological polar surface area (TPSA) is 64.2 Å². The third kappa shape index (κ3) is 9.73. The summed E-state index contributed by atoms with van der Waals surface area (Å²) in [7, 11) is 2.04. The van der Waals surface area contributed by atoms with Crippen LogP contribution in [0.1, 0.15) is 79.8 Å². The second-order valence-corrected chi connectivity index (χ2v) is 12.7. The first-order valence-corrected chi connectivity index (χ1v) is 15.3. The monoisotopic (exact) mass is 562 g/mol. The van der Waals surface area contributed by atoms with Crippen molar-refractivity contribution in [2.75, 3.05) is 19.7 Å². The summed E-state index contributed by atoms with van der Waals surface area (Å²) >= 11 is 1.33. The van der Waals surface area contributed by atoms with Gasteiger partial charge in [0.2, 0.25) is 0 Å². The van der Waals surface area contributed by atoms with Gasteiger partial charge >= 0.3 is 0 Å². The molecule has 2 aromatic rings. The number of allylic oxidation sites excluding steroid dienone is 4. The third-order valence-corrected chi connectivity index (χ3v) is 8.13. The van der Waals surface area contributed by atoms with Gasteiger partial charge in [0.15, 0.2) is 0 Å². The summed E-state index contributed by atoms with van der Waals surface area (Å²) in [6.45, 7) is 21.3. The Morgan fingerprint density at radius 2 is 1.82 bits per heavy atom. The Morgan fingerprint density at radius 1 is 1.18 bits per heavy atom. The molecule has 1 aromatic heterocycles. The number of benzene rings is 1. The highest BCUT2D eigenvalue weighted by Crippen LogP contribution is 2.30. The molecule has 218 valence electrons. The molecule has 0 radical (unpaired) electrons. The molecule has 3 rings (SSSR count). The van der Waals surface area contributed by atoms with Crippen molar-refractivity contribution in [3.63, 3.8) is 0 Å². The van der Waals surface area contributed by atoms with E-state index in [0.29, 0.717) is 11.3 Å². The van der Waals surface area contributed by atoms with Crippen LogP contribution in [0.2, 0.25) is 0 Å². The molecule has 0 unspecified atom stereocenters. The molecule has 0 spiro atoms. The summed E-state index contributed by atoms with van der Waals surface area (Å²) in [5.41, 5.74) is 5.10. The Morgan fingerprint density at radius 3 is 2.38 bits per heavy atom. The maximum atomic E-state index is 9.81. The van der Waals surface area contributed by atoms with Crippen LogP contribution in [0.25, 0.3) is 29.5 Å². The Labute approximate surface area is 247 Å². The van der Waals surface area contributed by atoms with Crippen molar-refractivity contribution in [2.45, 2.75) is 79.7 Å². The maximum absolute atomic E-state index is 9.81. The van der Waals surface area contributed by atoms with Crippen molar-refractivity contribution in [1.29, 1.82) is 5.26 Å². The highest BCUT2D eigenvalue weighted by atomic mass is 32.2. The lowest BCUT2D eigenvalue weighted by Crippen LogP contribution is -2.35. The maximum Gasteiger partial charge on any atom is 0.108 e. The first kappa shape index (κ1) is 33.5. The zero-order valence-corrected chi connectivity index (χ0v) is 26.8. The predicted octanol–water partition coefficient (Wildman–Crippen LogP) is 6.59. The molecule has 0 aliphatic carbocycles. The van der Waals surface area contributed by atoms with Gasteiger partial charge in [0, 0.05) is 49.4 Å². The van der Waals surface area contributed by atoms with Gasteiger partial charge in [-0.3, -0.25) is 4.72 Å². The van der Waals surface area contributed by atoms with E-state index in [-0.39, 0.29) is 12.1 Å². The van der Waals surface area contributed by atoms with Crippen LogP contribution in [0, 0.1) is 17.2 Å². The number of likely N-dealkylation sites (tertiary alicyclic amines) is 1. The van der Waals surface area contributed by atoms with Crippen LogP contribution in [0.5, 0.6) is 0 Å². The first-order chi connectivity index (χ1) is 18.9. The lowest BCUT2D eigenvalue weighted by molar-refractivity contribution is 0.248. The van der Waals surface area contributed by atoms with Gasteiger partial charge in [-0.05, 0) is 117 Å². The number of aliphatic hydroxyl groups is 1. The molecular weight excluding hydrogens is 512 g/mol. The quantitative estimate of drug-likeness (QED) is 0.267. The molecule has 1 aliphatic heterocycles. The molecule has 1 saturated heterocycles. The molecule has 5 nitrogen and oxygen atoms in total. The van der Waals surface area contributed by atoms with E-state index in [9.17, 15) is 10.4 Å². The summed E-state index contributed by atoms with van der Waals surface area (Å²) in [6, 6.07) is 13.0. The van der Waals surface area contributed by atoms with Gasteiger partial charge in [-0.15, -0.1) is 0 Å². The minimum Gasteiger partial charge on any atom is -0.396 e. The van der Waals surface area contributed by atoms with Gasteiger partial charge in [-0.25, -0.2) is 0 Å². The van der Waals surface area contributed by atoms with Crippen molar-refractivity contribution in [1.82, 2.24) is 14.2 Å². The summed E-state index contributed by atoms with van der Waals surface area (Å²) in [5.74, 6) is 0.833. The minimum absolute atomic E-state index is 0.103. The molecule has 1 aromatic carbocycles. The van der Waals surface area contributed by atoms with Crippen LogP contribution in [-0.4, -0.2) is 39.8 Å². The lowest BCUT2D eigenvalue weighted by atomic mass is 10.0. The zero-order valence-electron chi connectivity index (χ0n) is 26.0. The van der Waals surface area contributed by atoms with E-state index in [1.165, 1.54) is 36.9 Å². The Hall–Kier alpha value is -2.72. The SMILES string of the molecule is C=c1cc(-c2ccc(/C(C)=C(\C#N)SNC(C)(C)CCO)n2C)cc/c1=C/C(=C\C)N1CCCCC1.CC(C)C. The molecule has 0 bridgehead atoms. The fourth-order valence-electron chi connectivity index (χ4n) is 4.57. The fraction of sp³-hybridized carbons (Fsp3) is 0.500. The van der Waals surface area contributed by atoms with Crippen molar-refractivity contribution in [2.24, 2.45) is 13.0 Å². The molecule has 1 aliphatic rings. The molecule has 0 amide bonds. The molecule has 2 heterocycles. The number of rotatable bonds is 9. The molecule has 6 heteroatoms. The fourth-order valence-corrected chi connectivity index (χ4v) is 5.36. The van der Waals surface area contributed by atoms with Crippen molar-refractivity contribution in [3.8, 4) is 17.3 Å². The average molecular weight is 563 g/mol. The highest BCUT2D eigenvalue weighted by Gasteiger charge is 2.19. The molecular formula is C34H50N4OS. The van der Waals surface area contributed by atoms with Crippen LogP contribution in [-0.2, 0) is 7.05 Å². The number of aliphatic hydroxyl groups excluding tert-OH is 1. The van der Waals surface area contributed by atoms with E-state index in [1.54, 1.807) is 0 Å². The van der Waals surface area contributed by atoms with E-state index in [1.807, 2.05) is 27.8 Å². The zero-order chi connectivity index (χ0) is 29.9. The largest absolute Gasteiger partial charge is 0.396 e. The Bertz CT molecular complexity index is 1320. The second kappa shape index (κ2) is 15.9. The Balaban J connectivity index is 0.00000131. The average Bonchev–Trinajstić information content (AvgIpc) is 3.29. The van der Waals surface area contributed by atoms with E-state index >= 15 is 0 Å². The summed E-state index contributed by atoms with van der Waals surface area (Å²) < 4.78 is 5.46. The number of aromatic nitrogens is 1. The molecule has 2 N–H and O–H groups in total. The van der Waals surface area contributed by atoms with Crippen LogP contribution in [0.4, 0.5) is 0 Å². The van der Waals surface area contributed by atoms with Gasteiger partial charge in [0.25, 0.3) is 0 Å². The van der Waals surface area contributed by atoms with E-state index in [0.717, 1.165) is 52.0 Å². The molecule has 1 fully saturated rings. The van der Waals surface area contributed by atoms with E-state index in [2.05, 4.69) is 97.0 Å². The minimum atomic E-state index is -0.273. The van der Waals surface area contributed by atoms with Gasteiger partial charge in [0.05, 0.1) is 0 Å². The number of nitriles is 1. The predicted molar refractivity (Wildman–Crippen MR) is 174 cm³/mol. The number of hydrogen-bond acceptors (Lipinski definition) is 5. The van der Waals surface area contributed by atoms with Crippen LogP contribution >= 0.6 is 11.9 Å². The highest BCUT2D eigenvalue weighted by molar-refractivity contribution is 8.01. The van der Waals surface area contributed by atoms with Crippen molar-refractivity contribution in [3.05, 3.63) is 63.1 Å². The molecule has 40 heavy (non-hydrogen) atoms. The van der Waals surface area contributed by atoms with E-state index < -0.39 is 0 Å². The molecule has 0 saturated carbocycles. The van der Waals surface area contributed by atoms with Crippen molar-refractivity contribution >= 4 is 30.2 Å². The smallest absolute Gasteiger partial charge is 0.108 e. The van der Waals surface area contributed by atoms with Gasteiger partial charge in [-0.1, -0.05) is 45.6 Å². The lowest BCUT2D eigenvalue weighted by Gasteiger charge is -2.29. The van der Waals surface area contributed by atoms with Crippen molar-refractivity contribution < 1.29 is 5.11 Å². The van der Waals surface area contributed by atoms with Gasteiger partial charge < -0.3 is 14.6 Å². The summed E-state index contributed by atoms with van der Waals surface area (Å²) in [4.78, 5) is 3.09. The summed E-state index contributed by atoms with van der Waals surface area (Å²) in [5, 5.41) is 21.2. The number of hydrogen-bond donors (Lipinski definition) is 2. The third-order valence-electron chi connectivity index (χ3n) is 6.87. The van der Waals surface area contributed by atoms with E-state index in [4.69, 9.17) is 0 Å². The standard InChI is InChI=1S/C30H40N4OS.C4H10/c1-7-26(34-16-9-8-10-17-34)20-24-11-12-25(19-22(24)2)28-14-13-27(33(28)6)23(3)29(21-31)36-32-30(4,5)15-18-35;1-4(2)3/h7,11-14,19-20,32,35H,2,8-10,15-18H2,1,3-6H3;4H,1-3H3/b24-20-,26-7+,29-23+;. The first-order valence-electron chi connectivity index (χ1n) is 14.5. The Kier molecular flexibility index (Phi) is 13.3. The van der Waals surface area contributed by atoms with Gasteiger partial charge in [0.1, 0.15) is 11.0 Å². The van der Waals surface area contributed by atoms with Crippen LogP contribution in [0.15, 0.2) is 47.0 Å². The number of nitrogens with zero attached hydrogens (tertiary/aromatic N) is 3. The summed E-state index contributed by atoms with van der Waals surface area (Å²) in [6.07, 6.45) is 8.90. The van der Waals surface area contributed by atoms with Crippen LogP contribution < -0.4 is 15.2 Å². The number of nitrogens with one attached hydrogen (secondary N) is 1. The number of piperidine rings is 1.